The van der Waals surface area contributed by atoms with Gasteiger partial charge in [0.1, 0.15) is 0 Å². The quantitative estimate of drug-likeness (QED) is 0.447. The Morgan fingerprint density at radius 3 is 1.67 bits per heavy atom. The van der Waals surface area contributed by atoms with Crippen molar-refractivity contribution in [2.24, 2.45) is 0 Å². The minimum absolute atomic E-state index is 0. The number of aliphatic carboxylic acids is 2. The molecule has 8 heteroatoms. The van der Waals surface area contributed by atoms with Crippen LogP contribution in [0.5, 0.6) is 0 Å². The summed E-state index contributed by atoms with van der Waals surface area (Å²) in [5.41, 5.74) is 0. The first kappa shape index (κ1) is 23.0. The van der Waals surface area contributed by atoms with E-state index in [-0.39, 0.29) is 64.6 Å². The van der Waals surface area contributed by atoms with Gasteiger partial charge in [0, 0.05) is 12.4 Å². The van der Waals surface area contributed by atoms with Crippen LogP contribution < -0.4 is 69.3 Å². The van der Waals surface area contributed by atoms with Crippen molar-refractivity contribution in [2.45, 2.75) is 12.5 Å². The molecule has 0 amide bonds. The molecule has 0 unspecified atom stereocenters. The van der Waals surface area contributed by atoms with Crippen LogP contribution >= 0.6 is 0 Å². The number of carboxylic acids is 2. The molecule has 0 fully saturated rings. The molecule has 0 saturated heterocycles. The predicted octanol–water partition coefficient (Wildman–Crippen LogP) is -10.6. The summed E-state index contributed by atoms with van der Waals surface area (Å²) in [7, 11) is 0. The Labute approximate surface area is 113 Å². The number of rotatable bonds is 3. The van der Waals surface area contributed by atoms with Crippen LogP contribution in [0, 0.1) is 0 Å². The van der Waals surface area contributed by atoms with Crippen LogP contribution in [0.25, 0.3) is 0 Å². The molecule has 0 aliphatic heterocycles. The normalized spacial score (nSPS) is 9.42. The molecule has 6 nitrogen and oxygen atoms in total. The number of hydrogen-bond donors (Lipinski definition) is 1. The molecule has 0 aromatic rings. The first-order valence-corrected chi connectivity index (χ1v) is 2.13. The minimum Gasteiger partial charge on any atom is -0.550 e. The smallest absolute Gasteiger partial charge is 0.550 e. The number of hydrogen-bond acceptors (Lipinski definition) is 5. The van der Waals surface area contributed by atoms with Gasteiger partial charge in [0.2, 0.25) is 0 Å². The maximum atomic E-state index is 9.58. The molecule has 0 spiro atoms. The van der Waals surface area contributed by atoms with Crippen LogP contribution in [-0.2, 0) is 9.59 Å². The first-order chi connectivity index (χ1) is 4.04. The van der Waals surface area contributed by atoms with Crippen molar-refractivity contribution in [2.75, 3.05) is 0 Å². The largest absolute Gasteiger partial charge is 1.00 e. The average molecular weight is 196 g/mol. The van der Waals surface area contributed by atoms with Crippen LogP contribution in [0.1, 0.15) is 6.42 Å². The average Bonchev–Trinajstić information content (AvgIpc) is 1.63. The Hall–Kier alpha value is 0.860. The number of carbonyl (C=O) groups is 2. The van der Waals surface area contributed by atoms with Crippen molar-refractivity contribution in [1.82, 2.24) is 0 Å². The van der Waals surface area contributed by atoms with Gasteiger partial charge in [-0.05, 0) is 0 Å². The molecule has 0 aliphatic rings. The van der Waals surface area contributed by atoms with Crippen LogP contribution in [0.15, 0.2) is 0 Å². The van der Waals surface area contributed by atoms with E-state index in [9.17, 15) is 19.8 Å². The topological polar surface area (TPSA) is 132 Å². The molecule has 0 aromatic heterocycles. The van der Waals surface area contributed by atoms with E-state index in [2.05, 4.69) is 0 Å². The Morgan fingerprint density at radius 1 is 1.25 bits per heavy atom. The zero-order chi connectivity index (χ0) is 7.44. The first-order valence-electron chi connectivity index (χ1n) is 2.13. The molecule has 0 aliphatic carbocycles. The van der Waals surface area contributed by atoms with Crippen molar-refractivity contribution in [3.8, 4) is 0 Å². The van der Waals surface area contributed by atoms with E-state index < -0.39 is 24.5 Å². The summed E-state index contributed by atoms with van der Waals surface area (Å²) >= 11 is 0. The summed E-state index contributed by atoms with van der Waals surface area (Å²) in [4.78, 5) is 19.1. The maximum Gasteiger partial charge on any atom is 1.00 e. The van der Waals surface area contributed by atoms with Crippen LogP contribution in [0.4, 0.5) is 0 Å². The number of aliphatic hydroxyl groups excluding tert-OH is 1. The van der Waals surface area contributed by atoms with E-state index in [0.717, 1.165) is 0 Å². The van der Waals surface area contributed by atoms with Gasteiger partial charge in [0.25, 0.3) is 0 Å². The van der Waals surface area contributed by atoms with Gasteiger partial charge in [-0.2, -0.15) is 0 Å². The van der Waals surface area contributed by atoms with Gasteiger partial charge in [-0.25, -0.2) is 0 Å². The monoisotopic (exact) mass is 196 g/mol. The SMILES string of the molecule is O.O=C([O-])C[C@H](O)C(=O)[O-].[Na+].[Na+]. The summed E-state index contributed by atoms with van der Waals surface area (Å²) in [6.45, 7) is 0. The van der Waals surface area contributed by atoms with E-state index in [1.54, 1.807) is 0 Å². The third-order valence-electron chi connectivity index (χ3n) is 0.632. The summed E-state index contributed by atoms with van der Waals surface area (Å²) in [5, 5.41) is 27.3. The molecule has 1 atom stereocenters. The molecule has 60 valence electrons. The Balaban J connectivity index is -0.000000107. The predicted molar refractivity (Wildman–Crippen MR) is 24.3 cm³/mol. The van der Waals surface area contributed by atoms with E-state index in [1.807, 2.05) is 0 Å². The number of carbonyl (C=O) groups excluding carboxylic acids is 2. The van der Waals surface area contributed by atoms with Gasteiger partial charge < -0.3 is 30.4 Å². The molecule has 0 saturated carbocycles. The Morgan fingerprint density at radius 2 is 1.58 bits per heavy atom. The third-order valence-corrected chi connectivity index (χ3v) is 0.632. The third kappa shape index (κ3) is 13.4. The van der Waals surface area contributed by atoms with Crippen molar-refractivity contribution >= 4 is 11.9 Å². The molecule has 3 N–H and O–H groups in total. The Bertz CT molecular complexity index is 138. The zero-order valence-corrected chi connectivity index (χ0v) is 10.9. The fourth-order valence-corrected chi connectivity index (χ4v) is 0.241. The molecule has 12 heavy (non-hydrogen) atoms. The van der Waals surface area contributed by atoms with E-state index in [1.165, 1.54) is 0 Å². The standard InChI is InChI=1S/C4H6O5.2Na.H2O/c5-2(4(8)9)1-3(6)7;;;/h2,5H,1H2,(H,6,7)(H,8,9);;;1H2/q;2*+1;/p-2/t2-;;;/m0.../s1. The minimum atomic E-state index is -1.96. The summed E-state index contributed by atoms with van der Waals surface area (Å²) in [5.74, 6) is -3.43. The second-order valence-corrected chi connectivity index (χ2v) is 1.41. The summed E-state index contributed by atoms with van der Waals surface area (Å²) < 4.78 is 0. The van der Waals surface area contributed by atoms with Gasteiger partial charge in [0.05, 0.1) is 12.1 Å². The van der Waals surface area contributed by atoms with Gasteiger partial charge in [-0.1, -0.05) is 0 Å². The van der Waals surface area contributed by atoms with Crippen molar-refractivity contribution in [3.05, 3.63) is 0 Å². The van der Waals surface area contributed by atoms with Crippen LogP contribution in [-0.4, -0.2) is 28.6 Å². The number of aliphatic hydroxyl groups is 1. The van der Waals surface area contributed by atoms with Crippen LogP contribution in [0.2, 0.25) is 0 Å². The fourth-order valence-electron chi connectivity index (χ4n) is 0.241. The van der Waals surface area contributed by atoms with Crippen molar-refractivity contribution in [3.63, 3.8) is 0 Å². The van der Waals surface area contributed by atoms with Crippen molar-refractivity contribution < 1.29 is 89.5 Å². The number of carboxylic acid groups (broad SMARTS) is 2. The van der Waals surface area contributed by atoms with Crippen LogP contribution in [0.3, 0.4) is 0 Å². The van der Waals surface area contributed by atoms with Gasteiger partial charge in [-0.15, -0.1) is 0 Å². The molecule has 0 heterocycles. The molecular formula is C4H6Na2O6. The Kier molecular flexibility index (Phi) is 22.8. The van der Waals surface area contributed by atoms with E-state index >= 15 is 0 Å². The molecular weight excluding hydrogens is 190 g/mol. The van der Waals surface area contributed by atoms with Gasteiger partial charge in [0.15, 0.2) is 0 Å². The molecule has 0 bridgehead atoms. The van der Waals surface area contributed by atoms with E-state index in [0.29, 0.717) is 0 Å². The van der Waals surface area contributed by atoms with Gasteiger partial charge >= 0.3 is 59.1 Å². The maximum absolute atomic E-state index is 9.58. The summed E-state index contributed by atoms with van der Waals surface area (Å²) in [6, 6.07) is 0. The van der Waals surface area contributed by atoms with Crippen molar-refractivity contribution in [1.29, 1.82) is 0 Å². The molecule has 0 rings (SSSR count). The second-order valence-electron chi connectivity index (χ2n) is 1.41. The van der Waals surface area contributed by atoms with E-state index in [4.69, 9.17) is 5.11 Å². The summed E-state index contributed by atoms with van der Waals surface area (Å²) in [6.07, 6.45) is -2.89. The van der Waals surface area contributed by atoms with Gasteiger partial charge in [-0.3, -0.25) is 0 Å². The second kappa shape index (κ2) is 11.9. The zero-order valence-electron chi connectivity index (χ0n) is 6.86. The fraction of sp³-hybridized carbons (Fsp3) is 0.500. The molecule has 0 radical (unpaired) electrons. The molecule has 0 aromatic carbocycles.